The summed E-state index contributed by atoms with van der Waals surface area (Å²) in [4.78, 5) is 37.6. The Morgan fingerprint density at radius 2 is 1.00 bits per heavy atom. The molecule has 0 aliphatic carbocycles. The molecule has 0 radical (unpaired) electrons. The third-order valence-electron chi connectivity index (χ3n) is 4.32. The van der Waals surface area contributed by atoms with Gasteiger partial charge in [0.05, 0.1) is 0 Å². The Hall–Kier alpha value is -4.21. The molecule has 0 fully saturated rings. The number of carbonyl (C=O) groups is 2. The lowest BCUT2D eigenvalue weighted by Crippen LogP contribution is -2.24. The highest BCUT2D eigenvalue weighted by atomic mass is 35.5. The van der Waals surface area contributed by atoms with Gasteiger partial charge in [-0.15, -0.1) is 0 Å². The first-order valence-electron chi connectivity index (χ1n) is 9.93. The number of halogens is 2. The average molecular weight is 494 g/mol. The number of nitrogens with one attached hydrogen (secondary N) is 4. The van der Waals surface area contributed by atoms with Crippen molar-refractivity contribution in [2.45, 2.75) is 0 Å². The number of carbonyl (C=O) groups excluding carboxylic acids is 2. The number of hydrogen-bond acceptors (Lipinski definition) is 5. The van der Waals surface area contributed by atoms with Gasteiger partial charge in [-0.2, -0.15) is 15.0 Å². The molecule has 0 unspecified atom stereocenters. The number of urea groups is 2. The van der Waals surface area contributed by atoms with Gasteiger partial charge in [0.15, 0.2) is 5.82 Å². The molecule has 11 heteroatoms. The van der Waals surface area contributed by atoms with Crippen LogP contribution < -0.4 is 21.3 Å². The normalized spacial score (nSPS) is 10.3. The summed E-state index contributed by atoms with van der Waals surface area (Å²) >= 11 is 11.7. The minimum Gasteiger partial charge on any atom is -0.308 e. The van der Waals surface area contributed by atoms with E-state index in [9.17, 15) is 9.59 Å². The quantitative estimate of drug-likeness (QED) is 0.266. The molecule has 1 aromatic heterocycles. The van der Waals surface area contributed by atoms with Crippen LogP contribution in [-0.4, -0.2) is 27.0 Å². The second kappa shape index (κ2) is 10.6. The molecule has 0 saturated carbocycles. The Kier molecular flexibility index (Phi) is 7.16. The third-order valence-corrected chi connectivity index (χ3v) is 4.83. The van der Waals surface area contributed by atoms with E-state index < -0.39 is 12.1 Å². The summed E-state index contributed by atoms with van der Waals surface area (Å²) in [6.45, 7) is 0. The van der Waals surface area contributed by atoms with Gasteiger partial charge in [-0.3, -0.25) is 10.6 Å². The van der Waals surface area contributed by atoms with Gasteiger partial charge in [0.1, 0.15) is 0 Å². The Morgan fingerprint density at radius 3 is 1.44 bits per heavy atom. The fourth-order valence-corrected chi connectivity index (χ4v) is 3.05. The molecule has 34 heavy (non-hydrogen) atoms. The van der Waals surface area contributed by atoms with Crippen LogP contribution in [0, 0.1) is 0 Å². The van der Waals surface area contributed by atoms with Crippen LogP contribution in [-0.2, 0) is 0 Å². The summed E-state index contributed by atoms with van der Waals surface area (Å²) in [5, 5.41) is 11.5. The molecule has 4 aromatic rings. The van der Waals surface area contributed by atoms with Crippen molar-refractivity contribution in [3.8, 4) is 11.4 Å². The van der Waals surface area contributed by atoms with Crippen molar-refractivity contribution in [2.24, 2.45) is 0 Å². The van der Waals surface area contributed by atoms with Gasteiger partial charge in [-0.05, 0) is 48.5 Å². The van der Waals surface area contributed by atoms with Crippen LogP contribution in [0.5, 0.6) is 0 Å². The smallest absolute Gasteiger partial charge is 0.308 e. The van der Waals surface area contributed by atoms with E-state index in [0.717, 1.165) is 0 Å². The highest BCUT2D eigenvalue weighted by Crippen LogP contribution is 2.19. The molecule has 4 rings (SSSR count). The zero-order valence-corrected chi connectivity index (χ0v) is 18.9. The average Bonchev–Trinajstić information content (AvgIpc) is 2.82. The molecule has 9 nitrogen and oxygen atoms in total. The van der Waals surface area contributed by atoms with Crippen LogP contribution in [0.2, 0.25) is 10.0 Å². The Morgan fingerprint density at radius 1 is 0.559 bits per heavy atom. The highest BCUT2D eigenvalue weighted by Gasteiger charge is 2.13. The molecule has 3 aromatic carbocycles. The molecule has 0 saturated heterocycles. The van der Waals surface area contributed by atoms with Gasteiger partial charge < -0.3 is 10.6 Å². The fraction of sp³-hybridized carbons (Fsp3) is 0. The largest absolute Gasteiger partial charge is 0.326 e. The van der Waals surface area contributed by atoms with E-state index in [1.54, 1.807) is 60.7 Å². The Bertz CT molecular complexity index is 1220. The molecular weight excluding hydrogens is 477 g/mol. The SMILES string of the molecule is O=C(Nc1ccc(Cl)cc1)Nc1nc(NC(=O)Nc2ccc(Cl)cc2)nc(-c2ccccc2)n1. The lowest BCUT2D eigenvalue weighted by atomic mass is 10.2. The van der Waals surface area contributed by atoms with E-state index in [4.69, 9.17) is 23.2 Å². The van der Waals surface area contributed by atoms with E-state index in [2.05, 4.69) is 36.2 Å². The maximum Gasteiger partial charge on any atom is 0.326 e. The van der Waals surface area contributed by atoms with Crippen molar-refractivity contribution >= 4 is 58.5 Å². The number of anilines is 4. The van der Waals surface area contributed by atoms with E-state index in [-0.39, 0.29) is 17.7 Å². The number of benzene rings is 3. The first-order valence-corrected chi connectivity index (χ1v) is 10.7. The summed E-state index contributed by atoms with van der Waals surface area (Å²) in [6.07, 6.45) is 0. The van der Waals surface area contributed by atoms with Gasteiger partial charge in [0.25, 0.3) is 0 Å². The second-order valence-corrected chi connectivity index (χ2v) is 7.72. The summed E-state index contributed by atoms with van der Waals surface area (Å²) in [6, 6.07) is 21.1. The lowest BCUT2D eigenvalue weighted by molar-refractivity contribution is 0.261. The topological polar surface area (TPSA) is 121 Å². The molecule has 0 spiro atoms. The minimum atomic E-state index is -0.580. The molecule has 0 aliphatic rings. The zero-order chi connectivity index (χ0) is 23.9. The maximum absolute atomic E-state index is 12.5. The minimum absolute atomic E-state index is 0.0536. The first kappa shape index (κ1) is 23.0. The predicted octanol–water partition coefficient (Wildman–Crippen LogP) is 6.13. The summed E-state index contributed by atoms with van der Waals surface area (Å²) in [5.41, 5.74) is 1.73. The van der Waals surface area contributed by atoms with Crippen molar-refractivity contribution in [2.75, 3.05) is 21.3 Å². The first-order chi connectivity index (χ1) is 16.4. The highest BCUT2D eigenvalue weighted by molar-refractivity contribution is 6.31. The van der Waals surface area contributed by atoms with Crippen molar-refractivity contribution < 1.29 is 9.59 Å². The van der Waals surface area contributed by atoms with Crippen LogP contribution in [0.4, 0.5) is 32.9 Å². The predicted molar refractivity (Wildman–Crippen MR) is 133 cm³/mol. The molecular formula is C23H17Cl2N7O2. The number of rotatable bonds is 5. The molecule has 4 amide bonds. The molecule has 0 aliphatic heterocycles. The van der Waals surface area contributed by atoms with E-state index in [0.29, 0.717) is 27.0 Å². The van der Waals surface area contributed by atoms with Crippen LogP contribution in [0.1, 0.15) is 0 Å². The summed E-state index contributed by atoms with van der Waals surface area (Å²) < 4.78 is 0. The van der Waals surface area contributed by atoms with Gasteiger partial charge in [-0.1, -0.05) is 53.5 Å². The van der Waals surface area contributed by atoms with Crippen LogP contribution in [0.25, 0.3) is 11.4 Å². The Labute approximate surface area is 204 Å². The zero-order valence-electron chi connectivity index (χ0n) is 17.4. The van der Waals surface area contributed by atoms with Gasteiger partial charge >= 0.3 is 12.1 Å². The standard InChI is InChI=1S/C23H17Cl2N7O2/c24-15-6-10-17(11-7-15)26-22(33)31-20-28-19(14-4-2-1-3-5-14)29-21(30-20)32-23(34)27-18-12-8-16(25)9-13-18/h1-13H,(H4,26,27,28,29,30,31,32,33,34). The molecule has 4 N–H and O–H groups in total. The summed E-state index contributed by atoms with van der Waals surface area (Å²) in [7, 11) is 0. The maximum atomic E-state index is 12.5. The van der Waals surface area contributed by atoms with E-state index in [1.807, 2.05) is 18.2 Å². The number of aromatic nitrogens is 3. The molecule has 170 valence electrons. The number of hydrogen-bond donors (Lipinski definition) is 4. The van der Waals surface area contributed by atoms with Crippen LogP contribution in [0.15, 0.2) is 78.9 Å². The van der Waals surface area contributed by atoms with Gasteiger partial charge in [-0.25, -0.2) is 9.59 Å². The van der Waals surface area contributed by atoms with Crippen LogP contribution in [0.3, 0.4) is 0 Å². The van der Waals surface area contributed by atoms with Gasteiger partial charge in [0, 0.05) is 27.0 Å². The van der Waals surface area contributed by atoms with Crippen LogP contribution >= 0.6 is 23.2 Å². The van der Waals surface area contributed by atoms with Crippen molar-refractivity contribution in [3.05, 3.63) is 88.9 Å². The Balaban J connectivity index is 1.53. The lowest BCUT2D eigenvalue weighted by Gasteiger charge is -2.11. The third kappa shape index (κ3) is 6.41. The van der Waals surface area contributed by atoms with Crippen molar-refractivity contribution in [3.63, 3.8) is 0 Å². The monoisotopic (exact) mass is 493 g/mol. The van der Waals surface area contributed by atoms with Crippen molar-refractivity contribution in [1.29, 1.82) is 0 Å². The molecule has 1 heterocycles. The number of amides is 4. The molecule has 0 atom stereocenters. The molecule has 0 bridgehead atoms. The van der Waals surface area contributed by atoms with E-state index >= 15 is 0 Å². The second-order valence-electron chi connectivity index (χ2n) is 6.84. The fourth-order valence-electron chi connectivity index (χ4n) is 2.80. The van der Waals surface area contributed by atoms with Gasteiger partial charge in [0.2, 0.25) is 11.9 Å². The van der Waals surface area contributed by atoms with Crippen molar-refractivity contribution in [1.82, 2.24) is 15.0 Å². The number of nitrogens with zero attached hydrogens (tertiary/aromatic N) is 3. The summed E-state index contributed by atoms with van der Waals surface area (Å²) in [5.74, 6) is 0.156. The van der Waals surface area contributed by atoms with E-state index in [1.165, 1.54) is 0 Å².